The van der Waals surface area contributed by atoms with Crippen LogP contribution in [0.4, 0.5) is 5.69 Å². The van der Waals surface area contributed by atoms with Crippen LogP contribution in [0.25, 0.3) is 16.6 Å². The first-order valence-corrected chi connectivity index (χ1v) is 10.2. The average molecular weight is 415 g/mol. The van der Waals surface area contributed by atoms with Crippen LogP contribution in [0.15, 0.2) is 53.5 Å². The Labute approximate surface area is 177 Å². The molecule has 0 unspecified atom stereocenters. The normalized spacial score (nSPS) is 13.6. The number of nitro benzene ring substituents is 1. The van der Waals surface area contributed by atoms with Crippen molar-refractivity contribution in [3.05, 3.63) is 91.5 Å². The van der Waals surface area contributed by atoms with E-state index in [0.717, 1.165) is 35.2 Å². The zero-order chi connectivity index (χ0) is 21.7. The summed E-state index contributed by atoms with van der Waals surface area (Å²) in [5.74, 6) is 0.317. The fourth-order valence-electron chi connectivity index (χ4n) is 3.85. The van der Waals surface area contributed by atoms with Crippen LogP contribution in [0.3, 0.4) is 0 Å². The maximum absolute atomic E-state index is 13.5. The molecule has 1 saturated carbocycles. The lowest BCUT2D eigenvalue weighted by molar-refractivity contribution is -0.384. The molecule has 5 rings (SSSR count). The van der Waals surface area contributed by atoms with Crippen LogP contribution in [0, 0.1) is 24.0 Å². The Morgan fingerprint density at radius 1 is 1.13 bits per heavy atom. The Hall–Kier alpha value is -3.81. The van der Waals surface area contributed by atoms with Gasteiger partial charge < -0.3 is 0 Å². The number of aromatic nitrogens is 4. The fourth-order valence-corrected chi connectivity index (χ4v) is 3.85. The third-order valence-corrected chi connectivity index (χ3v) is 5.86. The first-order chi connectivity index (χ1) is 14.9. The molecular formula is C23H21N5O3. The SMILES string of the molecule is Cc1ccc(-n2ncc3c(C4CC4)nn(Cc4cccc([N+](=O)[O-])c4)c(=O)c32)cc1C. The van der Waals surface area contributed by atoms with Gasteiger partial charge in [-0.1, -0.05) is 18.2 Å². The van der Waals surface area contributed by atoms with Gasteiger partial charge in [0.1, 0.15) is 5.52 Å². The van der Waals surface area contributed by atoms with Gasteiger partial charge in [0.15, 0.2) is 0 Å². The summed E-state index contributed by atoms with van der Waals surface area (Å²) < 4.78 is 3.09. The Morgan fingerprint density at radius 2 is 1.94 bits per heavy atom. The van der Waals surface area contributed by atoms with Crippen molar-refractivity contribution in [2.24, 2.45) is 0 Å². The van der Waals surface area contributed by atoms with Crippen LogP contribution in [0.5, 0.6) is 0 Å². The van der Waals surface area contributed by atoms with Crippen molar-refractivity contribution in [2.75, 3.05) is 0 Å². The van der Waals surface area contributed by atoms with Crippen LogP contribution in [-0.4, -0.2) is 24.5 Å². The molecule has 156 valence electrons. The molecule has 8 heteroatoms. The molecule has 0 aliphatic heterocycles. The summed E-state index contributed by atoms with van der Waals surface area (Å²) in [6, 6.07) is 12.3. The number of hydrogen-bond donors (Lipinski definition) is 0. The molecule has 0 bridgehead atoms. The number of nitro groups is 1. The number of benzene rings is 2. The molecule has 1 fully saturated rings. The second-order valence-corrected chi connectivity index (χ2v) is 8.14. The Kier molecular flexibility index (Phi) is 4.43. The van der Waals surface area contributed by atoms with E-state index < -0.39 is 4.92 Å². The van der Waals surface area contributed by atoms with Crippen LogP contribution in [0.2, 0.25) is 0 Å². The molecule has 0 N–H and O–H groups in total. The molecular weight excluding hydrogens is 394 g/mol. The molecule has 2 aromatic carbocycles. The van der Waals surface area contributed by atoms with Gasteiger partial charge in [0, 0.05) is 23.4 Å². The van der Waals surface area contributed by atoms with Gasteiger partial charge in [0.2, 0.25) is 0 Å². The predicted molar refractivity (Wildman–Crippen MR) is 117 cm³/mol. The van der Waals surface area contributed by atoms with Gasteiger partial charge in [0.25, 0.3) is 11.2 Å². The molecule has 2 aromatic heterocycles. The van der Waals surface area contributed by atoms with Crippen LogP contribution < -0.4 is 5.56 Å². The van der Waals surface area contributed by atoms with E-state index in [4.69, 9.17) is 0 Å². The summed E-state index contributed by atoms with van der Waals surface area (Å²) in [6.45, 7) is 4.23. The van der Waals surface area contributed by atoms with E-state index in [1.165, 1.54) is 22.4 Å². The minimum Gasteiger partial charge on any atom is -0.265 e. The first-order valence-electron chi connectivity index (χ1n) is 10.2. The van der Waals surface area contributed by atoms with Crippen molar-refractivity contribution in [3.8, 4) is 5.69 Å². The fraction of sp³-hybridized carbons (Fsp3) is 0.261. The molecule has 4 aromatic rings. The summed E-state index contributed by atoms with van der Waals surface area (Å²) in [5, 5.41) is 21.1. The minimum absolute atomic E-state index is 0.00536. The molecule has 2 heterocycles. The number of fused-ring (bicyclic) bond motifs is 1. The van der Waals surface area contributed by atoms with E-state index in [1.54, 1.807) is 23.0 Å². The highest BCUT2D eigenvalue weighted by Gasteiger charge is 2.30. The second-order valence-electron chi connectivity index (χ2n) is 8.14. The maximum atomic E-state index is 13.5. The average Bonchev–Trinajstić information content (AvgIpc) is 3.50. The number of nitrogens with zero attached hydrogens (tertiary/aromatic N) is 5. The predicted octanol–water partition coefficient (Wildman–Crippen LogP) is 4.03. The van der Waals surface area contributed by atoms with E-state index in [9.17, 15) is 14.9 Å². The highest BCUT2D eigenvalue weighted by molar-refractivity contribution is 5.82. The summed E-state index contributed by atoms with van der Waals surface area (Å²) in [6.07, 6.45) is 3.79. The zero-order valence-electron chi connectivity index (χ0n) is 17.3. The Bertz CT molecular complexity index is 1400. The quantitative estimate of drug-likeness (QED) is 0.362. The van der Waals surface area contributed by atoms with Crippen molar-refractivity contribution >= 4 is 16.6 Å². The largest absolute Gasteiger partial charge is 0.293 e. The number of hydrogen-bond acceptors (Lipinski definition) is 5. The van der Waals surface area contributed by atoms with Gasteiger partial charge >= 0.3 is 0 Å². The van der Waals surface area contributed by atoms with E-state index in [-0.39, 0.29) is 17.8 Å². The lowest BCUT2D eigenvalue weighted by atomic mass is 10.1. The van der Waals surface area contributed by atoms with Gasteiger partial charge in [-0.05, 0) is 55.5 Å². The maximum Gasteiger partial charge on any atom is 0.293 e. The molecule has 0 radical (unpaired) electrons. The van der Waals surface area contributed by atoms with Gasteiger partial charge in [0.05, 0.1) is 29.0 Å². The van der Waals surface area contributed by atoms with E-state index in [1.807, 2.05) is 32.0 Å². The summed E-state index contributed by atoms with van der Waals surface area (Å²) in [5.41, 5.74) is 4.86. The monoisotopic (exact) mass is 415 g/mol. The lowest BCUT2D eigenvalue weighted by Crippen LogP contribution is -2.26. The van der Waals surface area contributed by atoms with Crippen molar-refractivity contribution in [1.82, 2.24) is 19.6 Å². The van der Waals surface area contributed by atoms with Crippen molar-refractivity contribution in [1.29, 1.82) is 0 Å². The number of rotatable bonds is 5. The highest BCUT2D eigenvalue weighted by Crippen LogP contribution is 2.41. The molecule has 1 aliphatic rings. The highest BCUT2D eigenvalue weighted by atomic mass is 16.6. The molecule has 0 spiro atoms. The summed E-state index contributed by atoms with van der Waals surface area (Å²) >= 11 is 0. The van der Waals surface area contributed by atoms with E-state index in [0.29, 0.717) is 17.0 Å². The minimum atomic E-state index is -0.437. The molecule has 8 nitrogen and oxygen atoms in total. The standard InChI is InChI=1S/C23H21N5O3/c1-14-6-9-18(10-15(14)2)27-22-20(12-24-27)21(17-7-8-17)25-26(23(22)29)13-16-4-3-5-19(11-16)28(30)31/h3-6,9-12,17H,7-8,13H2,1-2H3. The van der Waals surface area contributed by atoms with E-state index in [2.05, 4.69) is 10.2 Å². The topological polar surface area (TPSA) is 95.8 Å². The Morgan fingerprint density at radius 3 is 2.65 bits per heavy atom. The third kappa shape index (κ3) is 3.39. The van der Waals surface area contributed by atoms with Crippen LogP contribution >= 0.6 is 0 Å². The van der Waals surface area contributed by atoms with Gasteiger partial charge in [-0.15, -0.1) is 0 Å². The van der Waals surface area contributed by atoms with Crippen LogP contribution in [-0.2, 0) is 6.54 Å². The van der Waals surface area contributed by atoms with Crippen molar-refractivity contribution in [2.45, 2.75) is 39.2 Å². The summed E-state index contributed by atoms with van der Waals surface area (Å²) in [7, 11) is 0. The molecule has 0 atom stereocenters. The molecule has 1 aliphatic carbocycles. The molecule has 0 amide bonds. The van der Waals surface area contributed by atoms with Crippen LogP contribution in [0.1, 0.15) is 41.1 Å². The molecule has 31 heavy (non-hydrogen) atoms. The third-order valence-electron chi connectivity index (χ3n) is 5.86. The number of non-ortho nitro benzene ring substituents is 1. The smallest absolute Gasteiger partial charge is 0.265 e. The van der Waals surface area contributed by atoms with Gasteiger partial charge in [-0.3, -0.25) is 14.9 Å². The first kappa shape index (κ1) is 19.2. The summed E-state index contributed by atoms with van der Waals surface area (Å²) in [4.78, 5) is 24.1. The van der Waals surface area contributed by atoms with Gasteiger partial charge in [-0.25, -0.2) is 9.36 Å². The second kappa shape index (κ2) is 7.16. The van der Waals surface area contributed by atoms with Gasteiger partial charge in [-0.2, -0.15) is 10.2 Å². The van der Waals surface area contributed by atoms with Crippen molar-refractivity contribution < 1.29 is 4.92 Å². The van der Waals surface area contributed by atoms with E-state index >= 15 is 0 Å². The lowest BCUT2D eigenvalue weighted by Gasteiger charge is -2.11. The van der Waals surface area contributed by atoms with Crippen molar-refractivity contribution in [3.63, 3.8) is 0 Å². The Balaban J connectivity index is 1.68. The zero-order valence-corrected chi connectivity index (χ0v) is 17.3. The number of aryl methyl sites for hydroxylation is 2. The molecule has 0 saturated heterocycles.